The highest BCUT2D eigenvalue weighted by Gasteiger charge is 2.19. The zero-order valence-corrected chi connectivity index (χ0v) is 17.1. The Balaban J connectivity index is 1.60. The smallest absolute Gasteiger partial charge is 0.251 e. The number of carbonyl (C=O) groups is 1. The highest BCUT2D eigenvalue weighted by atomic mass is 35.5. The Morgan fingerprint density at radius 2 is 2.11 bits per heavy atom. The van der Waals surface area contributed by atoms with E-state index in [0.29, 0.717) is 29.5 Å². The maximum absolute atomic E-state index is 12.7. The van der Waals surface area contributed by atoms with Gasteiger partial charge in [0.25, 0.3) is 5.91 Å². The van der Waals surface area contributed by atoms with Crippen LogP contribution in [0, 0.1) is 0 Å². The van der Waals surface area contributed by atoms with Gasteiger partial charge in [0.15, 0.2) is 0 Å². The van der Waals surface area contributed by atoms with Crippen LogP contribution in [0.4, 0.5) is 0 Å². The van der Waals surface area contributed by atoms with E-state index in [4.69, 9.17) is 21.1 Å². The van der Waals surface area contributed by atoms with E-state index < -0.39 is 0 Å². The van der Waals surface area contributed by atoms with Gasteiger partial charge in [-0.25, -0.2) is 0 Å². The van der Waals surface area contributed by atoms with Crippen molar-refractivity contribution in [2.24, 2.45) is 0 Å². The Bertz CT molecular complexity index is 791. The van der Waals surface area contributed by atoms with Crippen molar-refractivity contribution in [2.75, 3.05) is 33.9 Å². The van der Waals surface area contributed by atoms with Crippen LogP contribution in [-0.4, -0.2) is 50.8 Å². The van der Waals surface area contributed by atoms with Gasteiger partial charge in [0.1, 0.15) is 12.4 Å². The number of likely N-dealkylation sites (N-methyl/N-ethyl adjacent to an activating group) is 1. The SMILES string of the molecule is CN(C)[C@@H](CNC(=O)c1cccc(OC[C@@H]2CCCO2)c1)c1ccccc1Cl. The first-order chi connectivity index (χ1) is 13.5. The first kappa shape index (κ1) is 20.6. The first-order valence-electron chi connectivity index (χ1n) is 9.58. The second-order valence-corrected chi connectivity index (χ2v) is 7.59. The summed E-state index contributed by atoms with van der Waals surface area (Å²) in [7, 11) is 3.94. The van der Waals surface area contributed by atoms with Crippen LogP contribution in [0.15, 0.2) is 48.5 Å². The molecule has 1 N–H and O–H groups in total. The number of benzene rings is 2. The lowest BCUT2D eigenvalue weighted by Crippen LogP contribution is -2.34. The van der Waals surface area contributed by atoms with Crippen LogP contribution >= 0.6 is 11.6 Å². The molecule has 0 bridgehead atoms. The molecule has 1 fully saturated rings. The van der Waals surface area contributed by atoms with Gasteiger partial charge in [0.05, 0.1) is 12.1 Å². The van der Waals surface area contributed by atoms with Gasteiger partial charge in [0.2, 0.25) is 0 Å². The molecule has 2 atom stereocenters. The summed E-state index contributed by atoms with van der Waals surface area (Å²) in [5.74, 6) is 0.542. The van der Waals surface area contributed by atoms with Crippen LogP contribution in [0.25, 0.3) is 0 Å². The average molecular weight is 403 g/mol. The molecule has 1 aliphatic heterocycles. The third-order valence-electron chi connectivity index (χ3n) is 4.90. The number of hydrogen-bond donors (Lipinski definition) is 1. The fourth-order valence-electron chi connectivity index (χ4n) is 3.30. The summed E-state index contributed by atoms with van der Waals surface area (Å²) in [5.41, 5.74) is 1.56. The zero-order chi connectivity index (χ0) is 19.9. The van der Waals surface area contributed by atoms with Crippen LogP contribution in [-0.2, 0) is 4.74 Å². The molecule has 1 amide bonds. The summed E-state index contributed by atoms with van der Waals surface area (Å²) in [4.78, 5) is 14.7. The lowest BCUT2D eigenvalue weighted by molar-refractivity contribution is 0.0679. The molecule has 3 rings (SSSR count). The number of ether oxygens (including phenoxy) is 2. The molecule has 2 aromatic rings. The summed E-state index contributed by atoms with van der Waals surface area (Å²) in [6, 6.07) is 14.9. The molecule has 5 nitrogen and oxygen atoms in total. The molecule has 2 aromatic carbocycles. The minimum Gasteiger partial charge on any atom is -0.491 e. The highest BCUT2D eigenvalue weighted by Crippen LogP contribution is 2.25. The predicted octanol–water partition coefficient (Wildman–Crippen LogP) is 3.93. The molecule has 0 aliphatic carbocycles. The van der Waals surface area contributed by atoms with Gasteiger partial charge >= 0.3 is 0 Å². The lowest BCUT2D eigenvalue weighted by atomic mass is 10.1. The van der Waals surface area contributed by atoms with Crippen molar-refractivity contribution in [3.8, 4) is 5.75 Å². The number of carbonyl (C=O) groups excluding carboxylic acids is 1. The van der Waals surface area contributed by atoms with Crippen LogP contribution in [0.5, 0.6) is 5.75 Å². The molecule has 1 aliphatic rings. The second-order valence-electron chi connectivity index (χ2n) is 7.18. The largest absolute Gasteiger partial charge is 0.491 e. The average Bonchev–Trinajstić information content (AvgIpc) is 3.21. The van der Waals surface area contributed by atoms with Crippen molar-refractivity contribution in [3.63, 3.8) is 0 Å². The second kappa shape index (κ2) is 9.92. The summed E-state index contributed by atoms with van der Waals surface area (Å²) in [6.07, 6.45) is 2.25. The third-order valence-corrected chi connectivity index (χ3v) is 5.24. The molecule has 1 heterocycles. The molecule has 0 radical (unpaired) electrons. The Labute approximate surface area is 171 Å². The number of nitrogens with zero attached hydrogens (tertiary/aromatic N) is 1. The van der Waals surface area contributed by atoms with E-state index >= 15 is 0 Å². The molecule has 28 heavy (non-hydrogen) atoms. The fourth-order valence-corrected chi connectivity index (χ4v) is 3.56. The van der Waals surface area contributed by atoms with E-state index in [1.165, 1.54) is 0 Å². The monoisotopic (exact) mass is 402 g/mol. The maximum atomic E-state index is 12.7. The summed E-state index contributed by atoms with van der Waals surface area (Å²) in [5, 5.41) is 3.71. The Morgan fingerprint density at radius 3 is 2.82 bits per heavy atom. The molecule has 6 heteroatoms. The van der Waals surface area contributed by atoms with E-state index in [2.05, 4.69) is 5.32 Å². The normalized spacial score (nSPS) is 17.5. The van der Waals surface area contributed by atoms with Crippen LogP contribution < -0.4 is 10.1 Å². The molecule has 0 aromatic heterocycles. The lowest BCUT2D eigenvalue weighted by Gasteiger charge is -2.26. The van der Waals surface area contributed by atoms with E-state index in [9.17, 15) is 4.79 Å². The first-order valence-corrected chi connectivity index (χ1v) is 9.96. The third kappa shape index (κ3) is 5.47. The van der Waals surface area contributed by atoms with Crippen LogP contribution in [0.3, 0.4) is 0 Å². The Kier molecular flexibility index (Phi) is 7.31. The van der Waals surface area contributed by atoms with Crippen molar-refractivity contribution in [1.82, 2.24) is 10.2 Å². The topological polar surface area (TPSA) is 50.8 Å². The molecule has 0 spiro atoms. The van der Waals surface area contributed by atoms with E-state index in [0.717, 1.165) is 25.0 Å². The van der Waals surface area contributed by atoms with E-state index in [1.807, 2.05) is 55.4 Å². The standard InChI is InChI=1S/C22H27ClN2O3/c1-25(2)21(19-10-3-4-11-20(19)23)14-24-22(26)16-7-5-8-17(13-16)28-15-18-9-6-12-27-18/h3-5,7-8,10-11,13,18,21H,6,9,12,14-15H2,1-2H3,(H,24,26)/t18-,21-/m0/s1. The minimum absolute atomic E-state index is 0.0170. The molecule has 1 saturated heterocycles. The van der Waals surface area contributed by atoms with Crippen molar-refractivity contribution >= 4 is 17.5 Å². The summed E-state index contributed by atoms with van der Waals surface area (Å²) < 4.78 is 11.4. The van der Waals surface area contributed by atoms with Gasteiger partial charge in [-0.1, -0.05) is 35.9 Å². The number of nitrogens with one attached hydrogen (secondary N) is 1. The number of halogens is 1. The fraction of sp³-hybridized carbons (Fsp3) is 0.409. The van der Waals surface area contributed by atoms with Crippen molar-refractivity contribution in [3.05, 3.63) is 64.7 Å². The zero-order valence-electron chi connectivity index (χ0n) is 16.4. The molecule has 150 valence electrons. The van der Waals surface area contributed by atoms with Crippen molar-refractivity contribution in [1.29, 1.82) is 0 Å². The van der Waals surface area contributed by atoms with Crippen LogP contribution in [0.1, 0.15) is 34.8 Å². The van der Waals surface area contributed by atoms with Gasteiger partial charge in [-0.15, -0.1) is 0 Å². The quantitative estimate of drug-likeness (QED) is 0.726. The Morgan fingerprint density at radius 1 is 1.29 bits per heavy atom. The van der Waals surface area contributed by atoms with Crippen LogP contribution in [0.2, 0.25) is 5.02 Å². The van der Waals surface area contributed by atoms with E-state index in [1.54, 1.807) is 12.1 Å². The molecular weight excluding hydrogens is 376 g/mol. The van der Waals surface area contributed by atoms with Gasteiger partial charge in [-0.3, -0.25) is 4.79 Å². The van der Waals surface area contributed by atoms with Crippen molar-refractivity contribution in [2.45, 2.75) is 25.0 Å². The number of hydrogen-bond acceptors (Lipinski definition) is 4. The van der Waals surface area contributed by atoms with Crippen molar-refractivity contribution < 1.29 is 14.3 Å². The number of amides is 1. The van der Waals surface area contributed by atoms with Gasteiger partial charge in [-0.2, -0.15) is 0 Å². The molecular formula is C22H27ClN2O3. The maximum Gasteiger partial charge on any atom is 0.251 e. The summed E-state index contributed by atoms with van der Waals surface area (Å²) in [6.45, 7) is 1.77. The van der Waals surface area contributed by atoms with Gasteiger partial charge in [-0.05, 0) is 56.8 Å². The highest BCUT2D eigenvalue weighted by molar-refractivity contribution is 6.31. The van der Waals surface area contributed by atoms with Gasteiger partial charge in [0, 0.05) is 23.7 Å². The van der Waals surface area contributed by atoms with E-state index in [-0.39, 0.29) is 18.1 Å². The minimum atomic E-state index is -0.138. The predicted molar refractivity (Wildman–Crippen MR) is 111 cm³/mol. The Hall–Kier alpha value is -2.08. The summed E-state index contributed by atoms with van der Waals surface area (Å²) >= 11 is 6.34. The molecule has 0 saturated carbocycles. The number of rotatable bonds is 8. The van der Waals surface area contributed by atoms with Gasteiger partial charge < -0.3 is 19.7 Å². The molecule has 0 unspecified atom stereocenters.